The summed E-state index contributed by atoms with van der Waals surface area (Å²) in [5.74, 6) is -2.37. The quantitative estimate of drug-likeness (QED) is 0.744. The van der Waals surface area contributed by atoms with E-state index in [1.807, 2.05) is 37.3 Å². The van der Waals surface area contributed by atoms with Crippen molar-refractivity contribution >= 4 is 17.8 Å². The van der Waals surface area contributed by atoms with Gasteiger partial charge in [0.05, 0.1) is 11.1 Å². The molecule has 1 saturated carbocycles. The van der Waals surface area contributed by atoms with Crippen molar-refractivity contribution in [1.82, 2.24) is 10.9 Å². The second-order valence-corrected chi connectivity index (χ2v) is 6.33. The van der Waals surface area contributed by atoms with E-state index >= 15 is 0 Å². The van der Waals surface area contributed by atoms with E-state index in [-0.39, 0.29) is 28.4 Å². The molecule has 0 aromatic heterocycles. The fourth-order valence-corrected chi connectivity index (χ4v) is 3.03. The number of aromatic carboxylic acids is 1. The van der Waals surface area contributed by atoms with Crippen LogP contribution in [-0.2, 0) is 10.2 Å². The molecule has 0 spiro atoms. The maximum atomic E-state index is 12.3. The van der Waals surface area contributed by atoms with Gasteiger partial charge in [0.15, 0.2) is 0 Å². The lowest BCUT2D eigenvalue weighted by molar-refractivity contribution is -0.123. The Morgan fingerprint density at radius 1 is 0.960 bits per heavy atom. The minimum absolute atomic E-state index is 0.00285. The summed E-state index contributed by atoms with van der Waals surface area (Å²) >= 11 is 0. The molecule has 2 atom stereocenters. The highest BCUT2D eigenvalue weighted by Crippen LogP contribution is 2.53. The summed E-state index contributed by atoms with van der Waals surface area (Å²) in [6.45, 7) is 2.01. The highest BCUT2D eigenvalue weighted by Gasteiger charge is 2.55. The molecule has 6 heteroatoms. The molecule has 0 saturated heterocycles. The molecule has 3 N–H and O–H groups in total. The summed E-state index contributed by atoms with van der Waals surface area (Å²) in [6, 6.07) is 15.6. The Labute approximate surface area is 144 Å². The minimum atomic E-state index is -1.20. The first-order chi connectivity index (χ1) is 11.9. The molecule has 6 nitrogen and oxygen atoms in total. The van der Waals surface area contributed by atoms with Gasteiger partial charge in [0, 0.05) is 11.3 Å². The number of carbonyl (C=O) groups is 3. The van der Waals surface area contributed by atoms with E-state index < -0.39 is 11.9 Å². The highest BCUT2D eigenvalue weighted by molar-refractivity contribution is 6.05. The zero-order valence-corrected chi connectivity index (χ0v) is 13.7. The molecule has 2 aromatic rings. The van der Waals surface area contributed by atoms with E-state index in [4.69, 9.17) is 5.11 Å². The van der Waals surface area contributed by atoms with Gasteiger partial charge in [0.1, 0.15) is 0 Å². The Hall–Kier alpha value is -3.15. The SMILES string of the molecule is C[C@@]1(c2ccccc2)C[C@H]1C(=O)NNC(=O)c1ccccc1C(=O)O. The van der Waals surface area contributed by atoms with Crippen LogP contribution in [0.25, 0.3) is 0 Å². The smallest absolute Gasteiger partial charge is 0.336 e. The third-order valence-corrected chi connectivity index (χ3v) is 4.69. The van der Waals surface area contributed by atoms with Crippen LogP contribution in [0.1, 0.15) is 39.6 Å². The second-order valence-electron chi connectivity index (χ2n) is 6.33. The third-order valence-electron chi connectivity index (χ3n) is 4.69. The minimum Gasteiger partial charge on any atom is -0.478 e. The Morgan fingerprint density at radius 2 is 1.56 bits per heavy atom. The molecule has 2 aromatic carbocycles. The van der Waals surface area contributed by atoms with Gasteiger partial charge in [-0.1, -0.05) is 49.4 Å². The number of hydrogen-bond donors (Lipinski definition) is 3. The first-order valence-corrected chi connectivity index (χ1v) is 7.91. The van der Waals surface area contributed by atoms with Crippen molar-refractivity contribution in [2.75, 3.05) is 0 Å². The van der Waals surface area contributed by atoms with Crippen molar-refractivity contribution in [3.05, 3.63) is 71.3 Å². The first-order valence-electron chi connectivity index (χ1n) is 7.91. The molecule has 2 amide bonds. The monoisotopic (exact) mass is 338 g/mol. The molecule has 0 aliphatic heterocycles. The van der Waals surface area contributed by atoms with Gasteiger partial charge in [-0.15, -0.1) is 0 Å². The van der Waals surface area contributed by atoms with Gasteiger partial charge in [-0.3, -0.25) is 20.4 Å². The van der Waals surface area contributed by atoms with E-state index in [0.29, 0.717) is 6.42 Å². The van der Waals surface area contributed by atoms with Gasteiger partial charge in [0.2, 0.25) is 5.91 Å². The lowest BCUT2D eigenvalue weighted by Crippen LogP contribution is -2.43. The third kappa shape index (κ3) is 3.24. The van der Waals surface area contributed by atoms with Gasteiger partial charge >= 0.3 is 5.97 Å². The largest absolute Gasteiger partial charge is 0.478 e. The molecule has 1 aliphatic carbocycles. The van der Waals surface area contributed by atoms with Gasteiger partial charge in [0.25, 0.3) is 5.91 Å². The fraction of sp³-hybridized carbons (Fsp3) is 0.211. The number of carboxylic acid groups (broad SMARTS) is 1. The number of carboxylic acids is 1. The molecule has 0 radical (unpaired) electrons. The van der Waals surface area contributed by atoms with Crippen LogP contribution in [0.2, 0.25) is 0 Å². The zero-order chi connectivity index (χ0) is 18.0. The molecule has 3 rings (SSSR count). The Kier molecular flexibility index (Phi) is 4.27. The molecule has 1 fully saturated rings. The van der Waals surface area contributed by atoms with Gasteiger partial charge in [-0.05, 0) is 24.1 Å². The van der Waals surface area contributed by atoms with Crippen LogP contribution in [0.15, 0.2) is 54.6 Å². The van der Waals surface area contributed by atoms with Crippen molar-refractivity contribution < 1.29 is 19.5 Å². The first kappa shape index (κ1) is 16.7. The summed E-state index contributed by atoms with van der Waals surface area (Å²) in [7, 11) is 0. The number of carbonyl (C=O) groups excluding carboxylic acids is 2. The fourth-order valence-electron chi connectivity index (χ4n) is 3.03. The van der Waals surface area contributed by atoms with Crippen LogP contribution in [-0.4, -0.2) is 22.9 Å². The summed E-state index contributed by atoms with van der Waals surface area (Å²) in [5.41, 5.74) is 5.43. The van der Waals surface area contributed by atoms with Gasteiger partial charge < -0.3 is 5.11 Å². The van der Waals surface area contributed by atoms with Crippen molar-refractivity contribution in [3.63, 3.8) is 0 Å². The number of amides is 2. The predicted molar refractivity (Wildman–Crippen MR) is 90.9 cm³/mol. The van der Waals surface area contributed by atoms with Crippen LogP contribution in [0, 0.1) is 5.92 Å². The van der Waals surface area contributed by atoms with Crippen molar-refractivity contribution in [3.8, 4) is 0 Å². The number of benzene rings is 2. The number of nitrogens with one attached hydrogen (secondary N) is 2. The van der Waals surface area contributed by atoms with Crippen LogP contribution in [0.5, 0.6) is 0 Å². The molecule has 0 bridgehead atoms. The summed E-state index contributed by atoms with van der Waals surface area (Å²) < 4.78 is 0. The summed E-state index contributed by atoms with van der Waals surface area (Å²) in [4.78, 5) is 35.6. The van der Waals surface area contributed by atoms with E-state index in [0.717, 1.165) is 5.56 Å². The highest BCUT2D eigenvalue weighted by atomic mass is 16.4. The molecule has 0 unspecified atom stereocenters. The van der Waals surface area contributed by atoms with Crippen LogP contribution in [0.3, 0.4) is 0 Å². The van der Waals surface area contributed by atoms with Crippen molar-refractivity contribution in [1.29, 1.82) is 0 Å². The normalized spacial score (nSPS) is 21.2. The lowest BCUT2D eigenvalue weighted by atomic mass is 9.95. The Morgan fingerprint density at radius 3 is 2.20 bits per heavy atom. The summed E-state index contributed by atoms with van der Waals surface area (Å²) in [5, 5.41) is 9.12. The van der Waals surface area contributed by atoms with Gasteiger partial charge in [-0.25, -0.2) is 4.79 Å². The van der Waals surface area contributed by atoms with Crippen LogP contribution >= 0.6 is 0 Å². The van der Waals surface area contributed by atoms with E-state index in [1.54, 1.807) is 6.07 Å². The van der Waals surface area contributed by atoms with Crippen LogP contribution in [0.4, 0.5) is 0 Å². The van der Waals surface area contributed by atoms with E-state index in [9.17, 15) is 14.4 Å². The Balaban J connectivity index is 1.63. The van der Waals surface area contributed by atoms with E-state index in [1.165, 1.54) is 18.2 Å². The molecular weight excluding hydrogens is 320 g/mol. The molecule has 25 heavy (non-hydrogen) atoms. The molecule has 1 aliphatic rings. The standard InChI is InChI=1S/C19H18N2O4/c1-19(12-7-3-2-4-8-12)11-15(19)17(23)21-20-16(22)13-9-5-6-10-14(13)18(24)25/h2-10,15H,11H2,1H3,(H,20,22)(H,21,23)(H,24,25)/t15-,19-/m0/s1. The Bertz CT molecular complexity index is 834. The van der Waals surface area contributed by atoms with Crippen molar-refractivity contribution in [2.24, 2.45) is 5.92 Å². The van der Waals surface area contributed by atoms with Gasteiger partial charge in [-0.2, -0.15) is 0 Å². The molecule has 0 heterocycles. The predicted octanol–water partition coefficient (Wildman–Crippen LogP) is 2.12. The maximum Gasteiger partial charge on any atom is 0.336 e. The molecule has 128 valence electrons. The average molecular weight is 338 g/mol. The zero-order valence-electron chi connectivity index (χ0n) is 13.7. The van der Waals surface area contributed by atoms with E-state index in [2.05, 4.69) is 10.9 Å². The van der Waals surface area contributed by atoms with Crippen molar-refractivity contribution in [2.45, 2.75) is 18.8 Å². The molecular formula is C19H18N2O4. The number of hydrazine groups is 1. The summed E-state index contributed by atoms with van der Waals surface area (Å²) in [6.07, 6.45) is 0.699. The second kappa shape index (κ2) is 6.39. The number of rotatable bonds is 4. The average Bonchev–Trinajstić information content (AvgIpc) is 3.33. The van der Waals surface area contributed by atoms with Crippen LogP contribution < -0.4 is 10.9 Å². The maximum absolute atomic E-state index is 12.3. The topological polar surface area (TPSA) is 95.5 Å². The number of hydrogen-bond acceptors (Lipinski definition) is 3. The lowest BCUT2D eigenvalue weighted by Gasteiger charge is -2.13.